The van der Waals surface area contributed by atoms with Gasteiger partial charge in [0.1, 0.15) is 29.7 Å². The first-order valence-electron chi connectivity index (χ1n) is 13.3. The van der Waals surface area contributed by atoms with E-state index in [1.807, 2.05) is 0 Å². The number of piperidine rings is 1. The van der Waals surface area contributed by atoms with Gasteiger partial charge in [-0.05, 0) is 44.6 Å². The predicted octanol–water partition coefficient (Wildman–Crippen LogP) is -0.941. The molecule has 3 unspecified atom stereocenters. The summed E-state index contributed by atoms with van der Waals surface area (Å²) in [7, 11) is 0. The molecular formula is C24H34N8O6. The lowest BCUT2D eigenvalue weighted by molar-refractivity contribution is -0.137. The first-order chi connectivity index (χ1) is 18.4. The Balaban J connectivity index is 1.12. The fourth-order valence-corrected chi connectivity index (χ4v) is 5.40. The largest absolute Gasteiger partial charge is 0.445 e. The molecule has 0 aromatic carbocycles. The minimum absolute atomic E-state index is 0.0560. The van der Waals surface area contributed by atoms with Crippen molar-refractivity contribution >= 4 is 29.0 Å². The van der Waals surface area contributed by atoms with E-state index in [0.717, 1.165) is 38.6 Å². The summed E-state index contributed by atoms with van der Waals surface area (Å²) in [5.74, 6) is 0.527. The Hall–Kier alpha value is -3.07. The Bertz CT molecular complexity index is 1190. The molecule has 1 aliphatic carbocycles. The van der Waals surface area contributed by atoms with E-state index >= 15 is 0 Å². The van der Waals surface area contributed by atoms with Gasteiger partial charge in [-0.3, -0.25) is 9.36 Å². The van der Waals surface area contributed by atoms with Crippen molar-refractivity contribution in [3.63, 3.8) is 0 Å². The van der Waals surface area contributed by atoms with Gasteiger partial charge in [-0.1, -0.05) is 0 Å². The molecule has 4 fully saturated rings. The van der Waals surface area contributed by atoms with Crippen LogP contribution in [-0.4, -0.2) is 103 Å². The third kappa shape index (κ3) is 5.00. The third-order valence-corrected chi connectivity index (χ3v) is 7.82. The highest BCUT2D eigenvalue weighted by atomic mass is 16.6. The van der Waals surface area contributed by atoms with Crippen molar-refractivity contribution in [2.24, 2.45) is 5.92 Å². The van der Waals surface area contributed by atoms with Gasteiger partial charge in [0.15, 0.2) is 23.8 Å². The number of nitrogens with zero attached hydrogens (tertiary/aromatic N) is 5. The van der Waals surface area contributed by atoms with Crippen LogP contribution in [0.15, 0.2) is 6.33 Å². The van der Waals surface area contributed by atoms with Crippen LogP contribution in [0.5, 0.6) is 0 Å². The average molecular weight is 531 g/mol. The molecule has 0 spiro atoms. The number of rotatable bonds is 6. The molecule has 3 saturated heterocycles. The lowest BCUT2D eigenvalue weighted by Gasteiger charge is -2.31. The van der Waals surface area contributed by atoms with Crippen LogP contribution in [0.3, 0.4) is 0 Å². The smallest absolute Gasteiger partial charge is 0.410 e. The van der Waals surface area contributed by atoms with E-state index in [1.165, 1.54) is 10.9 Å². The number of aromatic nitrogens is 4. The SMILES string of the molecule is Nc1nc(CC2CCN(C(=O)OC3CCNC3)CC2)nc2c1ncn2[C@@H]1O[C@H](C(=O)NC2CC2)C(O)C1O. The molecule has 4 aliphatic rings. The number of hydrogen-bond donors (Lipinski definition) is 5. The Morgan fingerprint density at radius 1 is 1.16 bits per heavy atom. The zero-order valence-corrected chi connectivity index (χ0v) is 21.0. The number of nitrogen functional groups attached to an aromatic ring is 1. The molecule has 2 aromatic heterocycles. The molecule has 5 atom stereocenters. The molecule has 5 heterocycles. The minimum atomic E-state index is -1.39. The molecule has 0 radical (unpaired) electrons. The lowest BCUT2D eigenvalue weighted by Crippen LogP contribution is -2.43. The van der Waals surface area contributed by atoms with Crippen molar-refractivity contribution in [3.8, 4) is 0 Å². The molecule has 0 bridgehead atoms. The van der Waals surface area contributed by atoms with Crippen LogP contribution in [0.2, 0.25) is 0 Å². The molecule has 3 aliphatic heterocycles. The number of nitrogens with two attached hydrogens (primary N) is 1. The molecule has 1 saturated carbocycles. The minimum Gasteiger partial charge on any atom is -0.445 e. The summed E-state index contributed by atoms with van der Waals surface area (Å²) in [6, 6.07) is 0.0979. The van der Waals surface area contributed by atoms with E-state index in [4.69, 9.17) is 15.2 Å². The number of anilines is 1. The first-order valence-corrected chi connectivity index (χ1v) is 13.3. The number of ether oxygens (including phenoxy) is 2. The van der Waals surface area contributed by atoms with E-state index in [9.17, 15) is 19.8 Å². The Kier molecular flexibility index (Phi) is 6.80. The maximum atomic E-state index is 12.5. The summed E-state index contributed by atoms with van der Waals surface area (Å²) in [5.41, 5.74) is 6.90. The van der Waals surface area contributed by atoms with Gasteiger partial charge in [0.05, 0.1) is 6.33 Å². The van der Waals surface area contributed by atoms with Gasteiger partial charge >= 0.3 is 6.09 Å². The monoisotopic (exact) mass is 530 g/mol. The molecule has 14 heteroatoms. The van der Waals surface area contributed by atoms with Crippen LogP contribution < -0.4 is 16.4 Å². The van der Waals surface area contributed by atoms with Crippen molar-refractivity contribution in [1.29, 1.82) is 0 Å². The zero-order valence-electron chi connectivity index (χ0n) is 21.0. The summed E-state index contributed by atoms with van der Waals surface area (Å²) in [4.78, 5) is 40.1. The number of aliphatic hydroxyl groups excluding tert-OH is 2. The number of aliphatic hydroxyl groups is 2. The second-order valence-corrected chi connectivity index (χ2v) is 10.7. The average Bonchev–Trinajstić information content (AvgIpc) is 3.25. The van der Waals surface area contributed by atoms with Gasteiger partial charge in [0, 0.05) is 32.1 Å². The van der Waals surface area contributed by atoms with Crippen molar-refractivity contribution in [3.05, 3.63) is 12.2 Å². The van der Waals surface area contributed by atoms with Crippen LogP contribution in [0.25, 0.3) is 11.2 Å². The normalized spacial score (nSPS) is 30.2. The molecule has 2 aromatic rings. The molecule has 14 nitrogen and oxygen atoms in total. The van der Waals surface area contributed by atoms with Crippen LogP contribution in [0.4, 0.5) is 10.6 Å². The molecule has 6 rings (SSSR count). The summed E-state index contributed by atoms with van der Waals surface area (Å²) in [6.45, 7) is 2.78. The van der Waals surface area contributed by atoms with E-state index in [-0.39, 0.29) is 30.0 Å². The quantitative estimate of drug-likeness (QED) is 0.310. The molecular weight excluding hydrogens is 496 g/mol. The van der Waals surface area contributed by atoms with Crippen molar-refractivity contribution in [2.45, 2.75) is 75.2 Å². The summed E-state index contributed by atoms with van der Waals surface area (Å²) in [6.07, 6.45) is 0.863. The number of imidazole rings is 1. The Labute approximate surface area is 218 Å². The van der Waals surface area contributed by atoms with Gasteiger partial charge in [-0.25, -0.2) is 19.7 Å². The second-order valence-electron chi connectivity index (χ2n) is 10.7. The molecule has 6 N–H and O–H groups in total. The number of carbonyl (C=O) groups is 2. The first kappa shape index (κ1) is 25.2. The van der Waals surface area contributed by atoms with Gasteiger partial charge in [0.25, 0.3) is 5.91 Å². The number of nitrogens with one attached hydrogen (secondary N) is 2. The van der Waals surface area contributed by atoms with Gasteiger partial charge in [-0.2, -0.15) is 0 Å². The highest BCUT2D eigenvalue weighted by molar-refractivity contribution is 5.83. The molecule has 2 amide bonds. The van der Waals surface area contributed by atoms with Crippen LogP contribution in [-0.2, 0) is 20.7 Å². The van der Waals surface area contributed by atoms with Crippen molar-refractivity contribution in [2.75, 3.05) is 31.9 Å². The van der Waals surface area contributed by atoms with Crippen molar-refractivity contribution in [1.82, 2.24) is 35.1 Å². The second kappa shape index (κ2) is 10.2. The topological polar surface area (TPSA) is 190 Å². The maximum absolute atomic E-state index is 12.5. The van der Waals surface area contributed by atoms with Crippen LogP contribution >= 0.6 is 0 Å². The Morgan fingerprint density at radius 2 is 1.95 bits per heavy atom. The fourth-order valence-electron chi connectivity index (χ4n) is 5.40. The highest BCUT2D eigenvalue weighted by Crippen LogP contribution is 2.33. The zero-order chi connectivity index (χ0) is 26.4. The predicted molar refractivity (Wildman–Crippen MR) is 133 cm³/mol. The van der Waals surface area contributed by atoms with Gasteiger partial charge in [-0.15, -0.1) is 0 Å². The van der Waals surface area contributed by atoms with E-state index < -0.39 is 30.4 Å². The third-order valence-electron chi connectivity index (χ3n) is 7.82. The number of carbonyl (C=O) groups excluding carboxylic acids is 2. The van der Waals surface area contributed by atoms with E-state index in [1.54, 1.807) is 4.90 Å². The van der Waals surface area contributed by atoms with Crippen LogP contribution in [0, 0.1) is 5.92 Å². The van der Waals surface area contributed by atoms with Gasteiger partial charge in [0.2, 0.25) is 0 Å². The van der Waals surface area contributed by atoms with E-state index in [2.05, 4.69) is 25.6 Å². The van der Waals surface area contributed by atoms with Crippen molar-refractivity contribution < 1.29 is 29.3 Å². The number of hydrogen-bond acceptors (Lipinski definition) is 11. The highest BCUT2D eigenvalue weighted by Gasteiger charge is 2.48. The summed E-state index contributed by atoms with van der Waals surface area (Å²) in [5, 5.41) is 27.2. The van der Waals surface area contributed by atoms with Gasteiger partial charge < -0.3 is 41.0 Å². The maximum Gasteiger partial charge on any atom is 0.410 e. The van der Waals surface area contributed by atoms with E-state index in [0.29, 0.717) is 43.0 Å². The summed E-state index contributed by atoms with van der Waals surface area (Å²) >= 11 is 0. The number of amides is 2. The molecule has 206 valence electrons. The fraction of sp³-hybridized carbons (Fsp3) is 0.708. The van der Waals surface area contributed by atoms with Crippen LogP contribution in [0.1, 0.15) is 44.2 Å². The summed E-state index contributed by atoms with van der Waals surface area (Å²) < 4.78 is 12.9. The number of likely N-dealkylation sites (tertiary alicyclic amines) is 1. The Morgan fingerprint density at radius 3 is 2.66 bits per heavy atom. The lowest BCUT2D eigenvalue weighted by atomic mass is 9.93. The number of fused-ring (bicyclic) bond motifs is 1. The molecule has 38 heavy (non-hydrogen) atoms. The standard InChI is InChI=1S/C24H34N8O6/c25-20-16-21(32(11-27-16)23-18(34)17(33)19(38-23)22(35)28-13-1-2-13)30-15(29-20)9-12-4-7-31(8-5-12)24(36)37-14-3-6-26-10-14/h11-14,17-19,23,26,33-34H,1-10H2,(H,28,35)(H2,25,29,30)/t14?,17?,18?,19-,23+/m0/s1.